The lowest BCUT2D eigenvalue weighted by molar-refractivity contribution is -0.137. The first-order valence-electron chi connectivity index (χ1n) is 6.17. The van der Waals surface area contributed by atoms with Gasteiger partial charge in [0.1, 0.15) is 0 Å². The molecule has 0 saturated carbocycles. The van der Waals surface area contributed by atoms with Crippen LogP contribution in [0.4, 0.5) is 5.69 Å². The predicted molar refractivity (Wildman–Crippen MR) is 66.9 cm³/mol. The number of carbonyl (C=O) groups is 2. The van der Waals surface area contributed by atoms with E-state index in [0.29, 0.717) is 18.7 Å². The fourth-order valence-electron chi connectivity index (χ4n) is 2.01. The fourth-order valence-corrected chi connectivity index (χ4v) is 2.01. The Bertz CT molecular complexity index is 455. The van der Waals surface area contributed by atoms with Gasteiger partial charge in [0.05, 0.1) is 11.9 Å². The highest BCUT2D eigenvalue weighted by Crippen LogP contribution is 2.19. The second kappa shape index (κ2) is 5.20. The van der Waals surface area contributed by atoms with E-state index in [1.807, 2.05) is 6.92 Å². The fraction of sp³-hybridized carbons (Fsp3) is 0.583. The van der Waals surface area contributed by atoms with Gasteiger partial charge in [0.2, 0.25) is 11.8 Å². The smallest absolute Gasteiger partial charge is 0.228 e. The van der Waals surface area contributed by atoms with Gasteiger partial charge in [-0.1, -0.05) is 0 Å². The number of hydrogen-bond donors (Lipinski definition) is 1. The van der Waals surface area contributed by atoms with E-state index in [4.69, 9.17) is 0 Å². The van der Waals surface area contributed by atoms with Crippen LogP contribution in [-0.2, 0) is 16.1 Å². The van der Waals surface area contributed by atoms with Crippen molar-refractivity contribution in [1.82, 2.24) is 14.7 Å². The Morgan fingerprint density at radius 2 is 2.39 bits per heavy atom. The topological polar surface area (TPSA) is 67.2 Å². The summed E-state index contributed by atoms with van der Waals surface area (Å²) >= 11 is 0. The van der Waals surface area contributed by atoms with E-state index < -0.39 is 0 Å². The Balaban J connectivity index is 1.93. The number of aryl methyl sites for hydroxylation is 1. The normalized spacial score (nSPS) is 20.0. The first-order valence-corrected chi connectivity index (χ1v) is 6.17. The highest BCUT2D eigenvalue weighted by Gasteiger charge is 2.28. The molecular formula is C12H18N4O2. The molecule has 2 rings (SSSR count). The van der Waals surface area contributed by atoms with Crippen molar-refractivity contribution in [3.8, 4) is 0 Å². The molecule has 0 spiro atoms. The third kappa shape index (κ3) is 2.69. The van der Waals surface area contributed by atoms with Crippen LogP contribution < -0.4 is 5.32 Å². The SMILES string of the molecule is CCn1cc(NC(=O)[C@@H]2CCN(C)C(=O)C2)cn1. The van der Waals surface area contributed by atoms with Crippen LogP contribution in [0.15, 0.2) is 12.4 Å². The van der Waals surface area contributed by atoms with Crippen LogP contribution in [0.3, 0.4) is 0 Å². The van der Waals surface area contributed by atoms with E-state index in [9.17, 15) is 9.59 Å². The van der Waals surface area contributed by atoms with Gasteiger partial charge >= 0.3 is 0 Å². The van der Waals surface area contributed by atoms with E-state index in [1.165, 1.54) is 0 Å². The largest absolute Gasteiger partial charge is 0.346 e. The van der Waals surface area contributed by atoms with Crippen molar-refractivity contribution in [2.24, 2.45) is 5.92 Å². The van der Waals surface area contributed by atoms with Crippen molar-refractivity contribution >= 4 is 17.5 Å². The van der Waals surface area contributed by atoms with E-state index >= 15 is 0 Å². The maximum absolute atomic E-state index is 12.0. The van der Waals surface area contributed by atoms with Crippen molar-refractivity contribution in [3.05, 3.63) is 12.4 Å². The van der Waals surface area contributed by atoms with Crippen LogP contribution in [-0.4, -0.2) is 40.1 Å². The Kier molecular flexibility index (Phi) is 3.64. The van der Waals surface area contributed by atoms with Gasteiger partial charge in [0.15, 0.2) is 0 Å². The number of anilines is 1. The minimum absolute atomic E-state index is 0.0330. The van der Waals surface area contributed by atoms with Crippen LogP contribution in [0.25, 0.3) is 0 Å². The molecule has 1 aromatic rings. The van der Waals surface area contributed by atoms with Crippen LogP contribution >= 0.6 is 0 Å². The lowest BCUT2D eigenvalue weighted by atomic mass is 9.95. The molecule has 1 aliphatic heterocycles. The number of likely N-dealkylation sites (tertiary alicyclic amines) is 1. The predicted octanol–water partition coefficient (Wildman–Crippen LogP) is 0.710. The Morgan fingerprint density at radius 3 is 3.00 bits per heavy atom. The van der Waals surface area contributed by atoms with Gasteiger partial charge in [-0.05, 0) is 13.3 Å². The molecule has 6 heteroatoms. The van der Waals surface area contributed by atoms with Gasteiger partial charge < -0.3 is 10.2 Å². The summed E-state index contributed by atoms with van der Waals surface area (Å²) in [6.07, 6.45) is 4.42. The summed E-state index contributed by atoms with van der Waals surface area (Å²) in [6, 6.07) is 0. The molecule has 6 nitrogen and oxygen atoms in total. The molecule has 0 bridgehead atoms. The molecule has 2 heterocycles. The molecule has 0 unspecified atom stereocenters. The number of carbonyl (C=O) groups excluding carboxylic acids is 2. The number of amides is 2. The molecule has 1 saturated heterocycles. The van der Waals surface area contributed by atoms with Gasteiger partial charge in [-0.15, -0.1) is 0 Å². The number of hydrogen-bond acceptors (Lipinski definition) is 3. The van der Waals surface area contributed by atoms with Crippen LogP contribution in [0.2, 0.25) is 0 Å². The third-order valence-electron chi connectivity index (χ3n) is 3.26. The summed E-state index contributed by atoms with van der Waals surface area (Å²) in [7, 11) is 1.77. The van der Waals surface area contributed by atoms with Crippen molar-refractivity contribution in [2.75, 3.05) is 18.9 Å². The summed E-state index contributed by atoms with van der Waals surface area (Å²) in [5.74, 6) is -0.281. The third-order valence-corrected chi connectivity index (χ3v) is 3.26. The molecule has 0 aliphatic carbocycles. The van der Waals surface area contributed by atoms with Gasteiger partial charge in [-0.2, -0.15) is 5.10 Å². The number of nitrogens with one attached hydrogen (secondary N) is 1. The number of aromatic nitrogens is 2. The quantitative estimate of drug-likeness (QED) is 0.859. The zero-order valence-corrected chi connectivity index (χ0v) is 10.7. The molecule has 1 N–H and O–H groups in total. The highest BCUT2D eigenvalue weighted by molar-refractivity contribution is 5.95. The van der Waals surface area contributed by atoms with Gasteiger partial charge in [-0.3, -0.25) is 14.3 Å². The van der Waals surface area contributed by atoms with Crippen LogP contribution in [0.1, 0.15) is 19.8 Å². The molecule has 1 aliphatic rings. The Hall–Kier alpha value is -1.85. The summed E-state index contributed by atoms with van der Waals surface area (Å²) in [5, 5.41) is 6.90. The zero-order chi connectivity index (χ0) is 13.1. The second-order valence-corrected chi connectivity index (χ2v) is 4.58. The molecule has 1 atom stereocenters. The standard InChI is InChI=1S/C12H18N4O2/c1-3-16-8-10(7-13-16)14-12(18)9-4-5-15(2)11(17)6-9/h7-9H,3-6H2,1-2H3,(H,14,18)/t9-/m1/s1. The molecule has 1 aromatic heterocycles. The second-order valence-electron chi connectivity index (χ2n) is 4.58. The molecule has 0 aromatic carbocycles. The van der Waals surface area contributed by atoms with Crippen molar-refractivity contribution in [2.45, 2.75) is 26.3 Å². The summed E-state index contributed by atoms with van der Waals surface area (Å²) in [6.45, 7) is 3.39. The molecule has 18 heavy (non-hydrogen) atoms. The van der Waals surface area contributed by atoms with Crippen molar-refractivity contribution < 1.29 is 9.59 Å². The zero-order valence-electron chi connectivity index (χ0n) is 10.7. The Labute approximate surface area is 106 Å². The monoisotopic (exact) mass is 250 g/mol. The van der Waals surface area contributed by atoms with Gasteiger partial charge in [-0.25, -0.2) is 0 Å². The minimum Gasteiger partial charge on any atom is -0.346 e. The minimum atomic E-state index is -0.223. The van der Waals surface area contributed by atoms with E-state index in [-0.39, 0.29) is 17.7 Å². The average molecular weight is 250 g/mol. The first-order chi connectivity index (χ1) is 8.60. The van der Waals surface area contributed by atoms with E-state index in [1.54, 1.807) is 29.0 Å². The summed E-state index contributed by atoms with van der Waals surface area (Å²) < 4.78 is 1.75. The maximum Gasteiger partial charge on any atom is 0.228 e. The number of piperidine rings is 1. The lowest BCUT2D eigenvalue weighted by Gasteiger charge is -2.27. The number of nitrogens with zero attached hydrogens (tertiary/aromatic N) is 3. The summed E-state index contributed by atoms with van der Waals surface area (Å²) in [4.78, 5) is 25.2. The van der Waals surface area contributed by atoms with E-state index in [0.717, 1.165) is 13.0 Å². The molecule has 98 valence electrons. The Morgan fingerprint density at radius 1 is 1.61 bits per heavy atom. The molecule has 1 fully saturated rings. The lowest BCUT2D eigenvalue weighted by Crippen LogP contribution is -2.39. The molecular weight excluding hydrogens is 232 g/mol. The van der Waals surface area contributed by atoms with Crippen molar-refractivity contribution in [1.29, 1.82) is 0 Å². The van der Waals surface area contributed by atoms with E-state index in [2.05, 4.69) is 10.4 Å². The van der Waals surface area contributed by atoms with Crippen LogP contribution in [0.5, 0.6) is 0 Å². The van der Waals surface area contributed by atoms with Crippen molar-refractivity contribution in [3.63, 3.8) is 0 Å². The molecule has 0 radical (unpaired) electrons. The average Bonchev–Trinajstić information content (AvgIpc) is 2.80. The van der Waals surface area contributed by atoms with Crippen LogP contribution in [0, 0.1) is 5.92 Å². The number of rotatable bonds is 3. The first kappa shape index (κ1) is 12.6. The highest BCUT2D eigenvalue weighted by atomic mass is 16.2. The maximum atomic E-state index is 12.0. The van der Waals surface area contributed by atoms with Gasteiger partial charge in [0.25, 0.3) is 0 Å². The van der Waals surface area contributed by atoms with Gasteiger partial charge in [0, 0.05) is 38.7 Å². The summed E-state index contributed by atoms with van der Waals surface area (Å²) in [5.41, 5.74) is 0.688. The molecule has 2 amide bonds.